The molecule has 1 aromatic heterocycles. The number of nitrogens with one attached hydrogen (secondary N) is 2. The number of ether oxygens (including phenoxy) is 2. The van der Waals surface area contributed by atoms with Crippen LogP contribution in [0.4, 0.5) is 11.4 Å². The van der Waals surface area contributed by atoms with Gasteiger partial charge >= 0.3 is 5.97 Å². The quantitative estimate of drug-likeness (QED) is 0.147. The number of benzene rings is 3. The molecule has 3 aromatic carbocycles. The van der Waals surface area contributed by atoms with E-state index in [9.17, 15) is 14.4 Å². The molecule has 51 heavy (non-hydrogen) atoms. The number of amides is 2. The van der Waals surface area contributed by atoms with E-state index in [-0.39, 0.29) is 11.8 Å². The van der Waals surface area contributed by atoms with Gasteiger partial charge in [-0.3, -0.25) is 9.59 Å². The molecule has 0 saturated heterocycles. The van der Waals surface area contributed by atoms with Crippen LogP contribution in [0, 0.1) is 0 Å². The second kappa shape index (κ2) is 14.2. The summed E-state index contributed by atoms with van der Waals surface area (Å²) >= 11 is 0. The topological polar surface area (TPSA) is 122 Å². The van der Waals surface area contributed by atoms with Gasteiger partial charge in [-0.1, -0.05) is 25.3 Å². The lowest BCUT2D eigenvalue weighted by Gasteiger charge is -2.40. The first-order valence-corrected chi connectivity index (χ1v) is 18.1. The predicted octanol–water partition coefficient (Wildman–Crippen LogP) is 7.60. The monoisotopic (exact) mass is 690 g/mol. The standard InChI is InChI=1S/C41H46N4O6/c1-4-51-30-15-17-32-33(25-30)44(2)21-22-45-34-23-28(12-16-31(34)37(38(32)45)27-9-6-5-7-10-27)39(48)43-41(19-8-20-41)40(49)42-29-14-11-26(13-18-36(46)47)35(24-29)50-3/h11-18,23-25,27H,4-10,19-22H2,1-3H3,(H,42,49)(H,43,48)(H,46,47)/b18-13+. The number of likely N-dealkylation sites (N-methyl/N-ethyl adjacent to an activating group) is 1. The van der Waals surface area contributed by atoms with Crippen molar-refractivity contribution >= 4 is 46.1 Å². The molecule has 0 atom stereocenters. The fourth-order valence-corrected chi connectivity index (χ4v) is 8.07. The van der Waals surface area contributed by atoms with E-state index in [2.05, 4.69) is 51.4 Å². The number of fused-ring (bicyclic) bond motifs is 5. The number of carboxylic acid groups (broad SMARTS) is 1. The molecule has 7 rings (SSSR count). The Kier molecular flexibility index (Phi) is 9.50. The van der Waals surface area contributed by atoms with Gasteiger partial charge in [-0.05, 0) is 93.0 Å². The molecule has 1 aliphatic heterocycles. The van der Waals surface area contributed by atoms with Gasteiger partial charge in [-0.2, -0.15) is 0 Å². The second-order valence-electron chi connectivity index (χ2n) is 14.0. The summed E-state index contributed by atoms with van der Waals surface area (Å²) in [7, 11) is 3.62. The van der Waals surface area contributed by atoms with E-state index in [0.717, 1.165) is 55.4 Å². The van der Waals surface area contributed by atoms with Crippen LogP contribution < -0.4 is 25.0 Å². The molecule has 4 aromatic rings. The molecule has 0 spiro atoms. The molecule has 266 valence electrons. The highest BCUT2D eigenvalue weighted by atomic mass is 16.5. The number of nitrogens with zero attached hydrogens (tertiary/aromatic N) is 2. The molecule has 3 N–H and O–H groups in total. The third-order valence-corrected chi connectivity index (χ3v) is 10.9. The van der Waals surface area contributed by atoms with Crippen molar-refractivity contribution in [2.75, 3.05) is 37.5 Å². The Morgan fingerprint density at radius 1 is 0.980 bits per heavy atom. The van der Waals surface area contributed by atoms with Gasteiger partial charge in [0.2, 0.25) is 5.91 Å². The van der Waals surface area contributed by atoms with E-state index in [0.29, 0.717) is 47.9 Å². The van der Waals surface area contributed by atoms with Crippen molar-refractivity contribution in [3.63, 3.8) is 0 Å². The van der Waals surface area contributed by atoms with Crippen LogP contribution in [0.2, 0.25) is 0 Å². The zero-order valence-corrected chi connectivity index (χ0v) is 29.6. The molecule has 3 aliphatic rings. The number of rotatable bonds is 10. The van der Waals surface area contributed by atoms with Gasteiger partial charge in [0.15, 0.2) is 0 Å². The zero-order valence-electron chi connectivity index (χ0n) is 29.6. The Labute approximate surface area is 298 Å². The van der Waals surface area contributed by atoms with Gasteiger partial charge in [0.1, 0.15) is 17.0 Å². The van der Waals surface area contributed by atoms with Crippen LogP contribution in [0.5, 0.6) is 11.5 Å². The average molecular weight is 691 g/mol. The lowest BCUT2D eigenvalue weighted by molar-refractivity contribution is -0.131. The third-order valence-electron chi connectivity index (χ3n) is 10.9. The SMILES string of the molecule is CCOc1ccc2c(c1)N(C)CCn1c-2c(C2CCCCC2)c2ccc(C(=O)NC3(C(=O)Nc4ccc(/C=C/C(=O)O)c(OC)c4)CCC3)cc21. The van der Waals surface area contributed by atoms with E-state index in [1.165, 1.54) is 54.7 Å². The summed E-state index contributed by atoms with van der Waals surface area (Å²) in [6.45, 7) is 4.20. The number of methoxy groups -OCH3 is 1. The number of anilines is 2. The molecule has 0 bridgehead atoms. The summed E-state index contributed by atoms with van der Waals surface area (Å²) in [5.74, 6) is 0.101. The van der Waals surface area contributed by atoms with Gasteiger partial charge in [-0.15, -0.1) is 0 Å². The number of carbonyl (C=O) groups is 3. The Balaban J connectivity index is 1.21. The summed E-state index contributed by atoms with van der Waals surface area (Å²) in [6.07, 6.45) is 10.4. The van der Waals surface area contributed by atoms with Crippen LogP contribution >= 0.6 is 0 Å². The first-order valence-electron chi connectivity index (χ1n) is 18.1. The van der Waals surface area contributed by atoms with E-state index >= 15 is 0 Å². The van der Waals surface area contributed by atoms with Crippen LogP contribution in [-0.2, 0) is 16.1 Å². The van der Waals surface area contributed by atoms with Crippen molar-refractivity contribution in [2.45, 2.75) is 76.3 Å². The highest BCUT2D eigenvalue weighted by Gasteiger charge is 2.45. The summed E-state index contributed by atoms with van der Waals surface area (Å²) < 4.78 is 13.7. The van der Waals surface area contributed by atoms with E-state index in [1.54, 1.807) is 18.2 Å². The van der Waals surface area contributed by atoms with Crippen molar-refractivity contribution < 1.29 is 29.0 Å². The van der Waals surface area contributed by atoms with Gasteiger partial charge in [0, 0.05) is 77.3 Å². The Bertz CT molecular complexity index is 2020. The molecule has 0 unspecified atom stereocenters. The van der Waals surface area contributed by atoms with Crippen LogP contribution in [0.15, 0.2) is 60.7 Å². The van der Waals surface area contributed by atoms with E-state index in [1.807, 2.05) is 19.1 Å². The molecular formula is C41H46N4O6. The van der Waals surface area contributed by atoms with E-state index in [4.69, 9.17) is 14.6 Å². The largest absolute Gasteiger partial charge is 0.496 e. The molecule has 2 aliphatic carbocycles. The third kappa shape index (κ3) is 6.55. The predicted molar refractivity (Wildman–Crippen MR) is 200 cm³/mol. The highest BCUT2D eigenvalue weighted by molar-refractivity contribution is 6.06. The minimum Gasteiger partial charge on any atom is -0.496 e. The van der Waals surface area contributed by atoms with Crippen molar-refractivity contribution in [3.8, 4) is 22.8 Å². The van der Waals surface area contributed by atoms with Crippen molar-refractivity contribution in [1.82, 2.24) is 9.88 Å². The van der Waals surface area contributed by atoms with Crippen LogP contribution in [0.1, 0.15) is 85.7 Å². The maximum absolute atomic E-state index is 14.0. The number of hydrogen-bond donors (Lipinski definition) is 3. The number of aromatic nitrogens is 1. The van der Waals surface area contributed by atoms with Crippen LogP contribution in [-0.4, -0.2) is 60.3 Å². The molecule has 2 fully saturated rings. The Hall–Kier alpha value is -5.25. The number of hydrogen-bond acceptors (Lipinski definition) is 6. The fraction of sp³-hybridized carbons (Fsp3) is 0.390. The molecule has 2 saturated carbocycles. The fourth-order valence-electron chi connectivity index (χ4n) is 8.07. The molecular weight excluding hydrogens is 644 g/mol. The van der Waals surface area contributed by atoms with Crippen LogP contribution in [0.25, 0.3) is 28.2 Å². The Morgan fingerprint density at radius 3 is 2.49 bits per heavy atom. The zero-order chi connectivity index (χ0) is 35.7. The lowest BCUT2D eigenvalue weighted by atomic mass is 9.75. The number of aliphatic carboxylic acids is 1. The first kappa shape index (κ1) is 34.2. The van der Waals surface area contributed by atoms with Crippen molar-refractivity contribution in [3.05, 3.63) is 77.4 Å². The minimum atomic E-state index is -1.07. The summed E-state index contributed by atoms with van der Waals surface area (Å²) in [4.78, 5) is 41.1. The van der Waals surface area contributed by atoms with Crippen LogP contribution in [0.3, 0.4) is 0 Å². The molecule has 10 nitrogen and oxygen atoms in total. The normalized spacial score (nSPS) is 16.9. The van der Waals surface area contributed by atoms with Crippen molar-refractivity contribution in [2.24, 2.45) is 0 Å². The van der Waals surface area contributed by atoms with Crippen molar-refractivity contribution in [1.29, 1.82) is 0 Å². The summed E-state index contributed by atoms with van der Waals surface area (Å²) in [5.41, 5.74) is 6.57. The Morgan fingerprint density at radius 2 is 1.78 bits per heavy atom. The van der Waals surface area contributed by atoms with Gasteiger partial charge in [0.25, 0.3) is 5.91 Å². The maximum atomic E-state index is 14.0. The number of carbonyl (C=O) groups excluding carboxylic acids is 2. The maximum Gasteiger partial charge on any atom is 0.328 e. The summed E-state index contributed by atoms with van der Waals surface area (Å²) in [6, 6.07) is 17.5. The molecule has 2 heterocycles. The van der Waals surface area contributed by atoms with Gasteiger partial charge in [-0.25, -0.2) is 4.79 Å². The smallest absolute Gasteiger partial charge is 0.328 e. The first-order chi connectivity index (χ1) is 24.7. The summed E-state index contributed by atoms with van der Waals surface area (Å²) in [5, 5.41) is 16.3. The molecule has 10 heteroatoms. The molecule has 2 amide bonds. The minimum absolute atomic E-state index is 0.277. The number of carboxylic acids is 1. The van der Waals surface area contributed by atoms with Gasteiger partial charge in [0.05, 0.1) is 19.4 Å². The second-order valence-corrected chi connectivity index (χ2v) is 14.0. The lowest BCUT2D eigenvalue weighted by Crippen LogP contribution is -2.61. The molecule has 0 radical (unpaired) electrons. The highest BCUT2D eigenvalue weighted by Crippen LogP contribution is 2.48. The van der Waals surface area contributed by atoms with Gasteiger partial charge < -0.3 is 34.7 Å². The van der Waals surface area contributed by atoms with E-state index < -0.39 is 11.5 Å². The average Bonchev–Trinajstić information content (AvgIpc) is 3.37.